The van der Waals surface area contributed by atoms with Crippen molar-refractivity contribution in [1.29, 1.82) is 0 Å². The van der Waals surface area contributed by atoms with Gasteiger partial charge in [-0.3, -0.25) is 9.59 Å². The second-order valence-corrected chi connectivity index (χ2v) is 5.99. The van der Waals surface area contributed by atoms with Gasteiger partial charge in [-0.1, -0.05) is 11.6 Å². The van der Waals surface area contributed by atoms with Gasteiger partial charge in [0.05, 0.1) is 11.4 Å². The van der Waals surface area contributed by atoms with E-state index in [0.29, 0.717) is 17.9 Å². The summed E-state index contributed by atoms with van der Waals surface area (Å²) in [6, 6.07) is 1.87. The first kappa shape index (κ1) is 16.0. The first-order valence-electron chi connectivity index (χ1n) is 6.14. The summed E-state index contributed by atoms with van der Waals surface area (Å²) in [7, 11) is 0. The van der Waals surface area contributed by atoms with Crippen molar-refractivity contribution in [2.24, 2.45) is 0 Å². The molecule has 0 spiro atoms. The number of hydrogen-bond acceptors (Lipinski definition) is 3. The van der Waals surface area contributed by atoms with Crippen LogP contribution in [0.3, 0.4) is 0 Å². The van der Waals surface area contributed by atoms with Gasteiger partial charge in [0.25, 0.3) is 0 Å². The molecule has 1 heterocycles. The lowest BCUT2D eigenvalue weighted by Crippen LogP contribution is -2.38. The van der Waals surface area contributed by atoms with Crippen LogP contribution in [0.15, 0.2) is 11.4 Å². The molecular formula is C13H18ClNO3S. The number of rotatable bonds is 7. The molecule has 1 aromatic heterocycles. The molecule has 1 amide bonds. The highest BCUT2D eigenvalue weighted by Crippen LogP contribution is 2.20. The van der Waals surface area contributed by atoms with Crippen molar-refractivity contribution in [3.05, 3.63) is 21.3 Å². The third-order valence-corrected chi connectivity index (χ3v) is 4.06. The zero-order valence-corrected chi connectivity index (χ0v) is 12.6. The van der Waals surface area contributed by atoms with Crippen LogP contribution in [0, 0.1) is 0 Å². The van der Waals surface area contributed by atoms with Crippen LogP contribution in [0.2, 0.25) is 5.02 Å². The number of aryl methyl sites for hydroxylation is 1. The van der Waals surface area contributed by atoms with E-state index in [9.17, 15) is 9.59 Å². The molecule has 4 nitrogen and oxygen atoms in total. The highest BCUT2D eigenvalue weighted by atomic mass is 35.5. The molecule has 0 aliphatic carbocycles. The molecule has 0 saturated heterocycles. The Morgan fingerprint density at radius 2 is 2.11 bits per heavy atom. The summed E-state index contributed by atoms with van der Waals surface area (Å²) < 4.78 is 0. The maximum absolute atomic E-state index is 12.1. The average molecular weight is 304 g/mol. The number of carboxylic acid groups (broad SMARTS) is 1. The molecule has 0 atom stereocenters. The molecular weight excluding hydrogens is 286 g/mol. The molecule has 106 valence electrons. The first-order chi connectivity index (χ1) is 8.90. The van der Waals surface area contributed by atoms with E-state index in [0.717, 1.165) is 4.88 Å². The summed E-state index contributed by atoms with van der Waals surface area (Å²) in [5.74, 6) is -0.899. The predicted molar refractivity (Wildman–Crippen MR) is 76.8 cm³/mol. The van der Waals surface area contributed by atoms with Crippen LogP contribution in [0.25, 0.3) is 0 Å². The van der Waals surface area contributed by atoms with E-state index in [1.807, 2.05) is 25.3 Å². The van der Waals surface area contributed by atoms with Crippen LogP contribution in [0.5, 0.6) is 0 Å². The zero-order valence-electron chi connectivity index (χ0n) is 11.1. The summed E-state index contributed by atoms with van der Waals surface area (Å²) in [6.45, 7) is 4.04. The smallest absolute Gasteiger partial charge is 0.305 e. The van der Waals surface area contributed by atoms with Gasteiger partial charge in [-0.05, 0) is 26.3 Å². The number of thiophene rings is 1. The summed E-state index contributed by atoms with van der Waals surface area (Å²) in [4.78, 5) is 25.3. The van der Waals surface area contributed by atoms with Crippen molar-refractivity contribution < 1.29 is 14.7 Å². The molecule has 0 aromatic carbocycles. The van der Waals surface area contributed by atoms with Crippen LogP contribution in [0.1, 0.15) is 31.6 Å². The van der Waals surface area contributed by atoms with Crippen molar-refractivity contribution in [2.75, 3.05) is 6.54 Å². The molecule has 6 heteroatoms. The van der Waals surface area contributed by atoms with Gasteiger partial charge in [0, 0.05) is 29.3 Å². The lowest BCUT2D eigenvalue weighted by atomic mass is 10.2. The number of halogens is 1. The van der Waals surface area contributed by atoms with E-state index in [2.05, 4.69) is 0 Å². The van der Waals surface area contributed by atoms with Crippen molar-refractivity contribution in [3.63, 3.8) is 0 Å². The second-order valence-electron chi connectivity index (χ2n) is 4.56. The Hall–Kier alpha value is -1.07. The Bertz CT molecular complexity index is 445. The van der Waals surface area contributed by atoms with Crippen LogP contribution >= 0.6 is 22.9 Å². The number of carbonyl (C=O) groups excluding carboxylic acids is 1. The van der Waals surface area contributed by atoms with Crippen molar-refractivity contribution in [1.82, 2.24) is 4.90 Å². The number of carbonyl (C=O) groups is 2. The predicted octanol–water partition coefficient (Wildman–Crippen LogP) is 3.05. The number of aliphatic carboxylic acids is 1. The molecule has 0 fully saturated rings. The van der Waals surface area contributed by atoms with Gasteiger partial charge in [0.2, 0.25) is 5.91 Å². The molecule has 1 aromatic rings. The van der Waals surface area contributed by atoms with Gasteiger partial charge in [0.1, 0.15) is 0 Å². The summed E-state index contributed by atoms with van der Waals surface area (Å²) in [6.07, 6.45) is 1.01. The second kappa shape index (κ2) is 7.50. The largest absolute Gasteiger partial charge is 0.481 e. The standard InChI is InChI=1S/C13H18ClNO3S/c1-9(2)15(6-5-13(17)18)12(16)4-3-11-7-10(14)8-19-11/h7-9H,3-6H2,1-2H3,(H,17,18). The van der Waals surface area contributed by atoms with E-state index in [1.165, 1.54) is 11.3 Å². The molecule has 0 aliphatic heterocycles. The summed E-state index contributed by atoms with van der Waals surface area (Å²) in [5, 5.41) is 11.2. The highest BCUT2D eigenvalue weighted by Gasteiger charge is 2.17. The third-order valence-electron chi connectivity index (χ3n) is 2.72. The van der Waals surface area contributed by atoms with Crippen LogP contribution in [0.4, 0.5) is 0 Å². The molecule has 0 bridgehead atoms. The van der Waals surface area contributed by atoms with E-state index in [4.69, 9.17) is 16.7 Å². The van der Waals surface area contributed by atoms with Crippen molar-refractivity contribution in [2.45, 2.75) is 39.2 Å². The Morgan fingerprint density at radius 3 is 2.58 bits per heavy atom. The van der Waals surface area contributed by atoms with Crippen molar-refractivity contribution in [3.8, 4) is 0 Å². The molecule has 19 heavy (non-hydrogen) atoms. The molecule has 1 N–H and O–H groups in total. The van der Waals surface area contributed by atoms with Gasteiger partial charge in [-0.25, -0.2) is 0 Å². The first-order valence-corrected chi connectivity index (χ1v) is 7.40. The molecule has 0 saturated carbocycles. The third kappa shape index (κ3) is 5.61. The molecule has 0 aliphatic rings. The van der Waals surface area contributed by atoms with E-state index in [1.54, 1.807) is 4.90 Å². The van der Waals surface area contributed by atoms with Gasteiger partial charge in [-0.2, -0.15) is 0 Å². The summed E-state index contributed by atoms with van der Waals surface area (Å²) >= 11 is 7.36. The van der Waals surface area contributed by atoms with Gasteiger partial charge in [0.15, 0.2) is 0 Å². The lowest BCUT2D eigenvalue weighted by Gasteiger charge is -2.26. The lowest BCUT2D eigenvalue weighted by molar-refractivity contribution is -0.139. The van der Waals surface area contributed by atoms with Gasteiger partial charge >= 0.3 is 5.97 Å². The monoisotopic (exact) mass is 303 g/mol. The van der Waals surface area contributed by atoms with E-state index < -0.39 is 5.97 Å². The maximum atomic E-state index is 12.1. The summed E-state index contributed by atoms with van der Waals surface area (Å²) in [5.41, 5.74) is 0. The fraction of sp³-hybridized carbons (Fsp3) is 0.538. The quantitative estimate of drug-likeness (QED) is 0.842. The van der Waals surface area contributed by atoms with E-state index in [-0.39, 0.29) is 24.9 Å². The number of amides is 1. The van der Waals surface area contributed by atoms with Crippen molar-refractivity contribution >= 4 is 34.8 Å². The Balaban J connectivity index is 2.49. The van der Waals surface area contributed by atoms with Gasteiger partial charge < -0.3 is 10.0 Å². The Kier molecular flexibility index (Phi) is 6.31. The topological polar surface area (TPSA) is 57.6 Å². The Labute approximate surface area is 122 Å². The minimum atomic E-state index is -0.886. The molecule has 1 rings (SSSR count). The fourth-order valence-corrected chi connectivity index (χ4v) is 2.82. The minimum absolute atomic E-state index is 0.0128. The average Bonchev–Trinajstić information content (AvgIpc) is 2.72. The van der Waals surface area contributed by atoms with Crippen LogP contribution in [-0.2, 0) is 16.0 Å². The van der Waals surface area contributed by atoms with Crippen LogP contribution in [-0.4, -0.2) is 34.5 Å². The fourth-order valence-electron chi connectivity index (χ4n) is 1.75. The Morgan fingerprint density at radius 1 is 1.42 bits per heavy atom. The molecule has 0 unspecified atom stereocenters. The van der Waals surface area contributed by atoms with Gasteiger partial charge in [-0.15, -0.1) is 11.3 Å². The maximum Gasteiger partial charge on any atom is 0.305 e. The highest BCUT2D eigenvalue weighted by molar-refractivity contribution is 7.10. The molecule has 0 radical (unpaired) electrons. The SMILES string of the molecule is CC(C)N(CCC(=O)O)C(=O)CCc1cc(Cl)cs1. The normalized spacial score (nSPS) is 10.7. The van der Waals surface area contributed by atoms with Crippen LogP contribution < -0.4 is 0 Å². The zero-order chi connectivity index (χ0) is 14.4. The minimum Gasteiger partial charge on any atom is -0.481 e. The number of nitrogens with zero attached hydrogens (tertiary/aromatic N) is 1. The number of hydrogen-bond donors (Lipinski definition) is 1. The number of carboxylic acids is 1. The van der Waals surface area contributed by atoms with E-state index >= 15 is 0 Å².